The fraction of sp³-hybridized carbons (Fsp3) is 0.0833. The minimum atomic E-state index is -0.306. The smallest absolute Gasteiger partial charge is 0.218 e. The summed E-state index contributed by atoms with van der Waals surface area (Å²) in [4.78, 5) is 4.07. The molecule has 0 spiro atoms. The highest BCUT2D eigenvalue weighted by molar-refractivity contribution is 9.10. The van der Waals surface area contributed by atoms with Crippen LogP contribution in [0.25, 0.3) is 12.2 Å². The van der Waals surface area contributed by atoms with E-state index in [9.17, 15) is 4.39 Å². The van der Waals surface area contributed by atoms with Crippen LogP contribution in [0.5, 0.6) is 0 Å². The summed E-state index contributed by atoms with van der Waals surface area (Å²) in [5, 5.41) is 0. The predicted molar refractivity (Wildman–Crippen MR) is 69.1 cm³/mol. The van der Waals surface area contributed by atoms with Gasteiger partial charge in [0.2, 0.25) is 5.89 Å². The molecule has 0 atom stereocenters. The zero-order chi connectivity index (χ0) is 12.3. The van der Waals surface area contributed by atoms with E-state index >= 15 is 0 Å². The molecule has 0 saturated heterocycles. The second-order valence-electron chi connectivity index (χ2n) is 3.31. The molecule has 88 valence electrons. The van der Waals surface area contributed by atoms with Crippen molar-refractivity contribution < 1.29 is 8.81 Å². The molecular formula is C12H8BrClFNO. The minimum absolute atomic E-state index is 0.296. The molecule has 1 heterocycles. The van der Waals surface area contributed by atoms with Crippen molar-refractivity contribution in [2.45, 2.75) is 5.88 Å². The summed E-state index contributed by atoms with van der Waals surface area (Å²) in [7, 11) is 0. The summed E-state index contributed by atoms with van der Waals surface area (Å²) in [5.41, 5.74) is 1.13. The van der Waals surface area contributed by atoms with E-state index in [1.165, 1.54) is 12.3 Å². The highest BCUT2D eigenvalue weighted by Gasteiger charge is 2.01. The Bertz CT molecular complexity index is 553. The number of nitrogens with zero attached hydrogens (tertiary/aromatic N) is 1. The van der Waals surface area contributed by atoms with Crippen molar-refractivity contribution in [1.29, 1.82) is 0 Å². The van der Waals surface area contributed by atoms with Crippen LogP contribution in [0.1, 0.15) is 17.1 Å². The van der Waals surface area contributed by atoms with Crippen molar-refractivity contribution in [1.82, 2.24) is 4.98 Å². The summed E-state index contributed by atoms with van der Waals surface area (Å²) in [6.07, 6.45) is 4.68. The number of alkyl halides is 1. The lowest BCUT2D eigenvalue weighted by Gasteiger charge is -1.96. The predicted octanol–water partition coefficient (Wildman–Crippen LogP) is 4.49. The van der Waals surface area contributed by atoms with Gasteiger partial charge in [0.05, 0.1) is 11.6 Å². The summed E-state index contributed by atoms with van der Waals surface area (Å²) >= 11 is 8.78. The first-order valence-corrected chi connectivity index (χ1v) is 6.15. The van der Waals surface area contributed by atoms with Crippen LogP contribution in [0.2, 0.25) is 0 Å². The summed E-state index contributed by atoms with van der Waals surface area (Å²) < 4.78 is 19.3. The molecule has 0 aliphatic heterocycles. The quantitative estimate of drug-likeness (QED) is 0.780. The van der Waals surface area contributed by atoms with Crippen molar-refractivity contribution in [3.05, 3.63) is 51.9 Å². The maximum Gasteiger partial charge on any atom is 0.218 e. The monoisotopic (exact) mass is 315 g/mol. The van der Waals surface area contributed by atoms with Gasteiger partial charge in [0.25, 0.3) is 0 Å². The van der Waals surface area contributed by atoms with Gasteiger partial charge >= 0.3 is 0 Å². The second kappa shape index (κ2) is 5.47. The third-order valence-electron chi connectivity index (χ3n) is 2.07. The topological polar surface area (TPSA) is 26.0 Å². The van der Waals surface area contributed by atoms with Gasteiger partial charge in [-0.2, -0.15) is 0 Å². The van der Waals surface area contributed by atoms with Gasteiger partial charge in [-0.25, -0.2) is 9.37 Å². The van der Waals surface area contributed by atoms with Crippen molar-refractivity contribution in [2.75, 3.05) is 0 Å². The van der Waals surface area contributed by atoms with Crippen LogP contribution in [0.15, 0.2) is 33.4 Å². The maximum atomic E-state index is 13.5. The van der Waals surface area contributed by atoms with Gasteiger partial charge in [0.1, 0.15) is 12.1 Å². The number of hydrogen-bond donors (Lipinski definition) is 0. The molecule has 17 heavy (non-hydrogen) atoms. The average molecular weight is 317 g/mol. The Morgan fingerprint density at radius 1 is 1.41 bits per heavy atom. The molecule has 1 aromatic carbocycles. The molecule has 0 fully saturated rings. The van der Waals surface area contributed by atoms with Crippen LogP contribution in [-0.4, -0.2) is 4.98 Å². The maximum absolute atomic E-state index is 13.5. The molecule has 0 aliphatic rings. The lowest BCUT2D eigenvalue weighted by atomic mass is 10.2. The van der Waals surface area contributed by atoms with Gasteiger partial charge in [-0.05, 0) is 18.2 Å². The summed E-state index contributed by atoms with van der Waals surface area (Å²) in [5.74, 6) is 0.395. The molecular weight excluding hydrogens is 308 g/mol. The third kappa shape index (κ3) is 3.17. The molecule has 5 heteroatoms. The SMILES string of the molecule is Fc1cc(Br)ccc1C=Cc1nc(CCl)co1. The Hall–Kier alpha value is -1.13. The van der Waals surface area contributed by atoms with E-state index in [4.69, 9.17) is 16.0 Å². The molecule has 0 bridgehead atoms. The largest absolute Gasteiger partial charge is 0.445 e. The Balaban J connectivity index is 2.19. The molecule has 2 nitrogen and oxygen atoms in total. The van der Waals surface area contributed by atoms with Crippen LogP contribution >= 0.6 is 27.5 Å². The lowest BCUT2D eigenvalue weighted by Crippen LogP contribution is -1.81. The van der Waals surface area contributed by atoms with Gasteiger partial charge in [0, 0.05) is 16.1 Å². The van der Waals surface area contributed by atoms with Crippen LogP contribution < -0.4 is 0 Å². The highest BCUT2D eigenvalue weighted by atomic mass is 79.9. The number of benzene rings is 1. The first-order valence-electron chi connectivity index (χ1n) is 4.82. The Morgan fingerprint density at radius 2 is 2.24 bits per heavy atom. The molecule has 0 aliphatic carbocycles. The van der Waals surface area contributed by atoms with E-state index in [1.54, 1.807) is 24.3 Å². The average Bonchev–Trinajstić information content (AvgIpc) is 2.76. The van der Waals surface area contributed by atoms with E-state index in [2.05, 4.69) is 20.9 Å². The molecule has 0 amide bonds. The van der Waals surface area contributed by atoms with Gasteiger partial charge in [0.15, 0.2) is 0 Å². The van der Waals surface area contributed by atoms with Crippen molar-refractivity contribution >= 4 is 39.7 Å². The van der Waals surface area contributed by atoms with Gasteiger partial charge in [-0.1, -0.05) is 22.0 Å². The molecule has 0 radical (unpaired) electrons. The third-order valence-corrected chi connectivity index (χ3v) is 2.84. The number of oxazole rings is 1. The van der Waals surface area contributed by atoms with E-state index in [0.717, 1.165) is 0 Å². The van der Waals surface area contributed by atoms with Crippen LogP contribution in [0.4, 0.5) is 4.39 Å². The molecule has 1 aromatic heterocycles. The van der Waals surface area contributed by atoms with E-state index in [1.807, 2.05) is 0 Å². The first-order chi connectivity index (χ1) is 8.19. The van der Waals surface area contributed by atoms with E-state index in [-0.39, 0.29) is 5.82 Å². The second-order valence-corrected chi connectivity index (χ2v) is 4.49. The van der Waals surface area contributed by atoms with Gasteiger partial charge in [-0.3, -0.25) is 0 Å². The summed E-state index contributed by atoms with van der Waals surface area (Å²) in [6.45, 7) is 0. The van der Waals surface area contributed by atoms with E-state index in [0.29, 0.717) is 27.5 Å². The van der Waals surface area contributed by atoms with Crippen molar-refractivity contribution in [3.8, 4) is 0 Å². The highest BCUT2D eigenvalue weighted by Crippen LogP contribution is 2.17. The zero-order valence-corrected chi connectivity index (χ0v) is 11.0. The Morgan fingerprint density at radius 3 is 2.88 bits per heavy atom. The zero-order valence-electron chi connectivity index (χ0n) is 8.66. The van der Waals surface area contributed by atoms with Crippen LogP contribution in [0.3, 0.4) is 0 Å². The number of hydrogen-bond acceptors (Lipinski definition) is 2. The number of aromatic nitrogens is 1. The Labute approximate surface area is 111 Å². The van der Waals surface area contributed by atoms with Gasteiger partial charge in [-0.15, -0.1) is 11.6 Å². The minimum Gasteiger partial charge on any atom is -0.445 e. The summed E-state index contributed by atoms with van der Waals surface area (Å²) in [6, 6.07) is 4.84. The van der Waals surface area contributed by atoms with E-state index < -0.39 is 0 Å². The standard InChI is InChI=1S/C12H8BrClFNO/c13-9-3-1-8(11(15)5-9)2-4-12-16-10(6-14)7-17-12/h1-5,7H,6H2. The first kappa shape index (κ1) is 12.3. The van der Waals surface area contributed by atoms with Gasteiger partial charge < -0.3 is 4.42 Å². The molecule has 0 saturated carbocycles. The number of halogens is 3. The molecule has 2 rings (SSSR count). The molecule has 2 aromatic rings. The lowest BCUT2D eigenvalue weighted by molar-refractivity contribution is 0.546. The Kier molecular flexibility index (Phi) is 3.97. The fourth-order valence-corrected chi connectivity index (χ4v) is 1.71. The van der Waals surface area contributed by atoms with Crippen LogP contribution in [0, 0.1) is 5.82 Å². The number of rotatable bonds is 3. The van der Waals surface area contributed by atoms with Crippen LogP contribution in [-0.2, 0) is 5.88 Å². The fourth-order valence-electron chi connectivity index (χ4n) is 1.26. The van der Waals surface area contributed by atoms with Crippen molar-refractivity contribution in [3.63, 3.8) is 0 Å². The molecule has 0 N–H and O–H groups in total. The normalized spacial score (nSPS) is 11.2. The molecule has 0 unspecified atom stereocenters. The van der Waals surface area contributed by atoms with Crippen molar-refractivity contribution in [2.24, 2.45) is 0 Å².